The molecule has 0 fully saturated rings. The number of hydrogen-bond donors (Lipinski definition) is 1. The highest BCUT2D eigenvalue weighted by Gasteiger charge is 2.61. The molecule has 0 aromatic carbocycles. The molecule has 0 aliphatic carbocycles. The molecule has 0 aromatic heterocycles. The minimum absolute atomic E-state index is 0.445. The summed E-state index contributed by atoms with van der Waals surface area (Å²) >= 11 is 0. The number of halogens is 7. The lowest BCUT2D eigenvalue weighted by atomic mass is 10.2. The van der Waals surface area contributed by atoms with Gasteiger partial charge in [0.15, 0.2) is 0 Å². The van der Waals surface area contributed by atoms with Gasteiger partial charge in [0, 0.05) is 6.08 Å². The van der Waals surface area contributed by atoms with E-state index in [2.05, 4.69) is 4.74 Å². The van der Waals surface area contributed by atoms with Crippen LogP contribution in [0, 0.1) is 0 Å². The Morgan fingerprint density at radius 2 is 1.50 bits per heavy atom. The van der Waals surface area contributed by atoms with Gasteiger partial charge in [-0.2, -0.15) is 17.6 Å². The highest BCUT2D eigenvalue weighted by molar-refractivity contribution is 5.79. The second-order valence-corrected chi connectivity index (χ2v) is 2.36. The van der Waals surface area contributed by atoms with Crippen molar-refractivity contribution in [1.29, 1.82) is 0 Å². The van der Waals surface area contributed by atoms with Gasteiger partial charge in [0.2, 0.25) is 0 Å². The molecular formula is C6H3F7O3. The van der Waals surface area contributed by atoms with Crippen LogP contribution in [0.15, 0.2) is 12.2 Å². The van der Waals surface area contributed by atoms with Crippen molar-refractivity contribution in [2.24, 2.45) is 0 Å². The molecule has 0 aromatic rings. The summed E-state index contributed by atoms with van der Waals surface area (Å²) in [6.45, 7) is 0. The van der Waals surface area contributed by atoms with E-state index in [0.717, 1.165) is 0 Å². The van der Waals surface area contributed by atoms with Crippen LogP contribution in [0.1, 0.15) is 0 Å². The number of hydrogen-bond acceptors (Lipinski definition) is 2. The van der Waals surface area contributed by atoms with Crippen molar-refractivity contribution in [3.05, 3.63) is 12.2 Å². The second kappa shape index (κ2) is 4.28. The Hall–Kier alpha value is -1.32. The van der Waals surface area contributed by atoms with Gasteiger partial charge in [0.25, 0.3) is 0 Å². The van der Waals surface area contributed by atoms with Crippen LogP contribution in [-0.2, 0) is 9.53 Å². The number of carboxylic acids is 1. The topological polar surface area (TPSA) is 46.5 Å². The van der Waals surface area contributed by atoms with Crippen LogP contribution in [0.4, 0.5) is 30.7 Å². The molecular weight excluding hydrogens is 253 g/mol. The summed E-state index contributed by atoms with van der Waals surface area (Å²) in [5.74, 6) is -7.29. The molecule has 0 aliphatic rings. The predicted molar refractivity (Wildman–Crippen MR) is 33.8 cm³/mol. The van der Waals surface area contributed by atoms with Crippen molar-refractivity contribution >= 4 is 5.97 Å². The first-order chi connectivity index (χ1) is 6.87. The maximum absolute atomic E-state index is 12.7. The van der Waals surface area contributed by atoms with Crippen molar-refractivity contribution in [2.45, 2.75) is 18.4 Å². The van der Waals surface area contributed by atoms with Crippen molar-refractivity contribution in [2.75, 3.05) is 0 Å². The maximum Gasteiger partial charge on any atom is 0.525 e. The molecule has 0 saturated heterocycles. The molecule has 3 nitrogen and oxygen atoms in total. The van der Waals surface area contributed by atoms with Gasteiger partial charge < -0.3 is 5.11 Å². The Morgan fingerprint density at radius 1 is 1.06 bits per heavy atom. The van der Waals surface area contributed by atoms with E-state index in [1.807, 2.05) is 0 Å². The van der Waals surface area contributed by atoms with E-state index in [-0.39, 0.29) is 0 Å². The molecule has 0 saturated carbocycles. The minimum Gasteiger partial charge on any atom is -0.478 e. The summed E-state index contributed by atoms with van der Waals surface area (Å²) in [5.41, 5.74) is 0. The Balaban J connectivity index is 5.14. The summed E-state index contributed by atoms with van der Waals surface area (Å²) in [4.78, 5) is 9.78. The number of carboxylic acid groups (broad SMARTS) is 1. The molecule has 16 heavy (non-hydrogen) atoms. The summed E-state index contributed by atoms with van der Waals surface area (Å²) in [5, 5.41) is 7.88. The van der Waals surface area contributed by atoms with Gasteiger partial charge in [-0.15, -0.1) is 13.2 Å². The fraction of sp³-hybridized carbons (Fsp3) is 0.500. The third-order valence-electron chi connectivity index (χ3n) is 1.09. The molecule has 0 bridgehead atoms. The van der Waals surface area contributed by atoms with E-state index in [1.54, 1.807) is 0 Å². The zero-order valence-electron chi connectivity index (χ0n) is 7.06. The zero-order valence-corrected chi connectivity index (χ0v) is 7.06. The van der Waals surface area contributed by atoms with Crippen LogP contribution in [0.3, 0.4) is 0 Å². The highest BCUT2D eigenvalue weighted by Crippen LogP contribution is 2.40. The molecule has 0 amide bonds. The smallest absolute Gasteiger partial charge is 0.478 e. The lowest BCUT2D eigenvalue weighted by molar-refractivity contribution is -0.432. The Bertz CT molecular complexity index is 291. The van der Waals surface area contributed by atoms with Gasteiger partial charge in [-0.25, -0.2) is 9.53 Å². The van der Waals surface area contributed by atoms with Gasteiger partial charge >= 0.3 is 24.4 Å². The first kappa shape index (κ1) is 14.7. The molecule has 0 aliphatic heterocycles. The average molecular weight is 256 g/mol. The van der Waals surface area contributed by atoms with E-state index >= 15 is 0 Å². The van der Waals surface area contributed by atoms with E-state index in [0.29, 0.717) is 0 Å². The fourth-order valence-electron chi connectivity index (χ4n) is 0.533. The number of alkyl halides is 7. The summed E-state index contributed by atoms with van der Waals surface area (Å²) in [6, 6.07) is 0. The second-order valence-electron chi connectivity index (χ2n) is 2.36. The predicted octanol–water partition coefficient (Wildman–Crippen LogP) is 2.39. The number of ether oxygens (including phenoxy) is 1. The Kier molecular flexibility index (Phi) is 3.92. The fourth-order valence-corrected chi connectivity index (χ4v) is 0.533. The SMILES string of the molecule is O=C(O)C=CC(F)(OC(F)(F)F)C(F)(F)F. The molecule has 0 spiro atoms. The highest BCUT2D eigenvalue weighted by atomic mass is 19.4. The third-order valence-corrected chi connectivity index (χ3v) is 1.09. The summed E-state index contributed by atoms with van der Waals surface area (Å²) in [6.07, 6.45) is -13.3. The maximum atomic E-state index is 12.7. The molecule has 1 atom stereocenters. The van der Waals surface area contributed by atoms with Crippen LogP contribution in [0.2, 0.25) is 0 Å². The first-order valence-corrected chi connectivity index (χ1v) is 3.32. The molecule has 0 heterocycles. The zero-order chi connectivity index (χ0) is 13.2. The summed E-state index contributed by atoms with van der Waals surface area (Å²) in [7, 11) is 0. The third kappa shape index (κ3) is 4.47. The van der Waals surface area contributed by atoms with Gasteiger partial charge in [-0.3, -0.25) is 0 Å². The van der Waals surface area contributed by atoms with Crippen molar-refractivity contribution in [1.82, 2.24) is 0 Å². The normalized spacial score (nSPS) is 17.4. The van der Waals surface area contributed by atoms with Crippen LogP contribution < -0.4 is 0 Å². The Labute approximate surface area is 83.1 Å². The van der Waals surface area contributed by atoms with Crippen molar-refractivity contribution < 1.29 is 45.4 Å². The first-order valence-electron chi connectivity index (χ1n) is 3.32. The molecule has 1 N–H and O–H groups in total. The van der Waals surface area contributed by atoms with Gasteiger partial charge in [0.05, 0.1) is 0 Å². The number of aliphatic carboxylic acids is 1. The molecule has 10 heteroatoms. The van der Waals surface area contributed by atoms with Crippen LogP contribution in [-0.4, -0.2) is 29.5 Å². The van der Waals surface area contributed by atoms with Gasteiger partial charge in [-0.1, -0.05) is 0 Å². The largest absolute Gasteiger partial charge is 0.525 e. The quantitative estimate of drug-likeness (QED) is 0.623. The van der Waals surface area contributed by atoms with Crippen LogP contribution in [0.25, 0.3) is 0 Å². The average Bonchev–Trinajstić information content (AvgIpc) is 1.95. The van der Waals surface area contributed by atoms with Gasteiger partial charge in [0.1, 0.15) is 0 Å². The monoisotopic (exact) mass is 256 g/mol. The Morgan fingerprint density at radius 3 is 1.75 bits per heavy atom. The molecule has 1 unspecified atom stereocenters. The van der Waals surface area contributed by atoms with E-state index in [9.17, 15) is 35.5 Å². The number of rotatable bonds is 3. The summed E-state index contributed by atoms with van der Waals surface area (Å²) < 4.78 is 84.8. The van der Waals surface area contributed by atoms with Gasteiger partial charge in [-0.05, 0) is 6.08 Å². The molecule has 94 valence electrons. The van der Waals surface area contributed by atoms with Crippen molar-refractivity contribution in [3.8, 4) is 0 Å². The van der Waals surface area contributed by atoms with Crippen LogP contribution >= 0.6 is 0 Å². The lowest BCUT2D eigenvalue weighted by Gasteiger charge is -2.25. The van der Waals surface area contributed by atoms with Crippen molar-refractivity contribution in [3.63, 3.8) is 0 Å². The molecule has 0 rings (SSSR count). The minimum atomic E-state index is -6.06. The van der Waals surface area contributed by atoms with E-state index in [1.165, 1.54) is 0 Å². The van der Waals surface area contributed by atoms with E-state index < -0.39 is 36.5 Å². The number of carbonyl (C=O) groups is 1. The molecule has 0 radical (unpaired) electrons. The lowest BCUT2D eigenvalue weighted by Crippen LogP contribution is -2.45. The van der Waals surface area contributed by atoms with E-state index in [4.69, 9.17) is 5.11 Å². The standard InChI is InChI=1S/C6H3F7O3/c7-4(5(8,9)10,2-1-3(14)15)16-6(11,12)13/h1-2H,(H,14,15). The van der Waals surface area contributed by atoms with Crippen LogP contribution in [0.5, 0.6) is 0 Å².